The van der Waals surface area contributed by atoms with E-state index in [1.165, 1.54) is 12.1 Å². The van der Waals surface area contributed by atoms with Crippen LogP contribution >= 0.6 is 11.6 Å². The topological polar surface area (TPSA) is 54.4 Å². The fourth-order valence-electron chi connectivity index (χ4n) is 4.61. The van der Waals surface area contributed by atoms with Gasteiger partial charge < -0.3 is 20.0 Å². The van der Waals surface area contributed by atoms with E-state index < -0.39 is 0 Å². The minimum absolute atomic E-state index is 0.316. The number of carbonyl (C=O) groups is 1. The Hall–Kier alpha value is -1.99. The fourth-order valence-corrected chi connectivity index (χ4v) is 4.80. The highest BCUT2D eigenvalue weighted by molar-refractivity contribution is 6.30. The van der Waals surface area contributed by atoms with E-state index in [9.17, 15) is 4.79 Å². The van der Waals surface area contributed by atoms with Gasteiger partial charge in [-0.3, -0.25) is 14.7 Å². The summed E-state index contributed by atoms with van der Waals surface area (Å²) >= 11 is 6.14. The molecule has 0 atom stereocenters. The van der Waals surface area contributed by atoms with E-state index in [1.54, 1.807) is 0 Å². The van der Waals surface area contributed by atoms with Crippen LogP contribution in [-0.4, -0.2) is 99.1 Å². The van der Waals surface area contributed by atoms with Gasteiger partial charge in [0.05, 0.1) is 0 Å². The number of amides is 1. The van der Waals surface area contributed by atoms with Gasteiger partial charge >= 0.3 is 0 Å². The average Bonchev–Trinajstić information content (AvgIpc) is 2.76. The van der Waals surface area contributed by atoms with Crippen molar-refractivity contribution in [1.82, 2.24) is 20.0 Å². The van der Waals surface area contributed by atoms with Crippen molar-refractivity contribution in [2.75, 3.05) is 77.4 Å². The lowest BCUT2D eigenvalue weighted by atomic mass is 9.84. The maximum atomic E-state index is 12.4. The molecule has 1 amide bonds. The molecule has 0 radical (unpaired) electrons. The maximum absolute atomic E-state index is 12.4. The summed E-state index contributed by atoms with van der Waals surface area (Å²) in [6, 6.07) is 8.07. The second-order valence-corrected chi connectivity index (χ2v) is 9.16. The molecule has 1 aromatic carbocycles. The Kier molecular flexibility index (Phi) is 7.56. The van der Waals surface area contributed by atoms with Crippen molar-refractivity contribution in [1.29, 1.82) is 0 Å². The third-order valence-corrected chi connectivity index (χ3v) is 7.05. The van der Waals surface area contributed by atoms with Crippen LogP contribution in [0.1, 0.15) is 19.3 Å². The molecule has 3 fully saturated rings. The summed E-state index contributed by atoms with van der Waals surface area (Å²) < 4.78 is 0. The number of guanidine groups is 1. The molecule has 0 unspecified atom stereocenters. The van der Waals surface area contributed by atoms with Crippen molar-refractivity contribution in [2.45, 2.75) is 19.3 Å². The van der Waals surface area contributed by atoms with Crippen molar-refractivity contribution in [2.24, 2.45) is 10.9 Å². The average molecular weight is 447 g/mol. The molecule has 1 saturated carbocycles. The molecular weight excluding hydrogens is 412 g/mol. The van der Waals surface area contributed by atoms with Crippen molar-refractivity contribution in [3.8, 4) is 0 Å². The van der Waals surface area contributed by atoms with Gasteiger partial charge in [-0.25, -0.2) is 0 Å². The molecular formula is C23H35ClN6O. The molecule has 2 saturated heterocycles. The lowest BCUT2D eigenvalue weighted by molar-refractivity contribution is -0.139. The zero-order valence-corrected chi connectivity index (χ0v) is 19.4. The molecule has 31 heavy (non-hydrogen) atoms. The Bertz CT molecular complexity index is 767. The van der Waals surface area contributed by atoms with Crippen LogP contribution in [0.5, 0.6) is 0 Å². The third kappa shape index (κ3) is 5.63. The first kappa shape index (κ1) is 22.2. The van der Waals surface area contributed by atoms with E-state index in [2.05, 4.69) is 36.0 Å². The number of carbonyl (C=O) groups excluding carboxylic acids is 1. The van der Waals surface area contributed by atoms with Gasteiger partial charge in [-0.2, -0.15) is 0 Å². The Morgan fingerprint density at radius 2 is 1.77 bits per heavy atom. The first-order valence-corrected chi connectivity index (χ1v) is 12.0. The predicted octanol–water partition coefficient (Wildman–Crippen LogP) is 1.98. The van der Waals surface area contributed by atoms with Crippen LogP contribution in [0.15, 0.2) is 29.3 Å². The van der Waals surface area contributed by atoms with Crippen LogP contribution in [0.2, 0.25) is 5.02 Å². The molecule has 2 heterocycles. The zero-order valence-electron chi connectivity index (χ0n) is 18.6. The SMILES string of the molecule is CN=C(NCCN1CCN(C(=O)C2CCC2)CC1)N1CCN(c2cccc(Cl)c2)CC1. The van der Waals surface area contributed by atoms with Crippen LogP contribution in [0.4, 0.5) is 5.69 Å². The van der Waals surface area contributed by atoms with Crippen LogP contribution in [0.25, 0.3) is 0 Å². The van der Waals surface area contributed by atoms with Crippen molar-refractivity contribution < 1.29 is 4.79 Å². The van der Waals surface area contributed by atoms with E-state index in [0.717, 1.165) is 89.3 Å². The number of anilines is 1. The smallest absolute Gasteiger partial charge is 0.225 e. The molecule has 8 heteroatoms. The Labute approximate surface area is 191 Å². The van der Waals surface area contributed by atoms with E-state index in [1.807, 2.05) is 25.2 Å². The number of hydrogen-bond acceptors (Lipinski definition) is 4. The first-order chi connectivity index (χ1) is 15.1. The van der Waals surface area contributed by atoms with Crippen LogP contribution < -0.4 is 10.2 Å². The number of nitrogens with zero attached hydrogens (tertiary/aromatic N) is 5. The molecule has 170 valence electrons. The standard InChI is InChI=1S/C23H35ClN6O/c1-25-23(30-16-14-28(15-17-30)21-7-3-6-20(24)18-21)26-8-9-27-10-12-29(13-11-27)22(31)19-4-2-5-19/h3,6-7,18-19H,2,4-5,8-17H2,1H3,(H,25,26). The Balaban J connectivity index is 1.16. The van der Waals surface area contributed by atoms with Crippen LogP contribution in [0.3, 0.4) is 0 Å². The zero-order chi connectivity index (χ0) is 21.6. The van der Waals surface area contributed by atoms with Crippen molar-refractivity contribution in [3.05, 3.63) is 29.3 Å². The number of hydrogen-bond donors (Lipinski definition) is 1. The minimum atomic E-state index is 0.316. The molecule has 0 spiro atoms. The highest BCUT2D eigenvalue weighted by atomic mass is 35.5. The third-order valence-electron chi connectivity index (χ3n) is 6.81. The van der Waals surface area contributed by atoms with Crippen LogP contribution in [-0.2, 0) is 4.79 Å². The van der Waals surface area contributed by atoms with Gasteiger partial charge in [0.15, 0.2) is 5.96 Å². The fraction of sp³-hybridized carbons (Fsp3) is 0.652. The molecule has 1 N–H and O–H groups in total. The van der Waals surface area contributed by atoms with Crippen LogP contribution in [0, 0.1) is 5.92 Å². The van der Waals surface area contributed by atoms with Gasteiger partial charge in [0.2, 0.25) is 5.91 Å². The Morgan fingerprint density at radius 1 is 1.06 bits per heavy atom. The summed E-state index contributed by atoms with van der Waals surface area (Å²) in [4.78, 5) is 26.1. The van der Waals surface area contributed by atoms with Crippen molar-refractivity contribution >= 4 is 29.2 Å². The molecule has 0 bridgehead atoms. The quantitative estimate of drug-likeness (QED) is 0.553. The van der Waals surface area contributed by atoms with Crippen molar-refractivity contribution in [3.63, 3.8) is 0 Å². The normalized spacial score (nSPS) is 21.2. The highest BCUT2D eigenvalue weighted by Crippen LogP contribution is 2.28. The van der Waals surface area contributed by atoms with Gasteiger partial charge in [-0.15, -0.1) is 0 Å². The predicted molar refractivity (Wildman–Crippen MR) is 127 cm³/mol. The summed E-state index contributed by atoms with van der Waals surface area (Å²) in [5.41, 5.74) is 1.19. The number of benzene rings is 1. The second-order valence-electron chi connectivity index (χ2n) is 8.72. The lowest BCUT2D eigenvalue weighted by Gasteiger charge is -2.39. The largest absolute Gasteiger partial charge is 0.368 e. The summed E-state index contributed by atoms with van der Waals surface area (Å²) in [6.07, 6.45) is 3.41. The number of piperazine rings is 2. The first-order valence-electron chi connectivity index (χ1n) is 11.6. The second kappa shape index (κ2) is 10.6. The van der Waals surface area contributed by atoms with E-state index in [4.69, 9.17) is 11.6 Å². The van der Waals surface area contributed by atoms with Gasteiger partial charge in [0, 0.05) is 89.1 Å². The van der Waals surface area contributed by atoms with Gasteiger partial charge in [-0.1, -0.05) is 24.1 Å². The summed E-state index contributed by atoms with van der Waals surface area (Å²) in [7, 11) is 1.86. The van der Waals surface area contributed by atoms with E-state index in [0.29, 0.717) is 11.8 Å². The molecule has 1 aromatic rings. The van der Waals surface area contributed by atoms with E-state index in [-0.39, 0.29) is 0 Å². The monoisotopic (exact) mass is 446 g/mol. The molecule has 0 aromatic heterocycles. The highest BCUT2D eigenvalue weighted by Gasteiger charge is 2.31. The summed E-state index contributed by atoms with van der Waals surface area (Å²) in [5.74, 6) is 1.68. The number of rotatable bonds is 5. The van der Waals surface area contributed by atoms with E-state index >= 15 is 0 Å². The molecule has 7 nitrogen and oxygen atoms in total. The molecule has 1 aliphatic carbocycles. The molecule has 4 rings (SSSR count). The number of aliphatic imine (C=N–C) groups is 1. The summed E-state index contributed by atoms with van der Waals surface area (Å²) in [5, 5.41) is 4.32. The van der Waals surface area contributed by atoms with Gasteiger partial charge in [0.25, 0.3) is 0 Å². The van der Waals surface area contributed by atoms with Gasteiger partial charge in [0.1, 0.15) is 0 Å². The maximum Gasteiger partial charge on any atom is 0.225 e. The minimum Gasteiger partial charge on any atom is -0.368 e. The molecule has 2 aliphatic heterocycles. The number of halogens is 1. The summed E-state index contributed by atoms with van der Waals surface area (Å²) in [6.45, 7) is 9.32. The molecule has 3 aliphatic rings. The lowest BCUT2D eigenvalue weighted by Crippen LogP contribution is -2.54. The Morgan fingerprint density at radius 3 is 2.39 bits per heavy atom. The number of nitrogens with one attached hydrogen (secondary N) is 1. The van der Waals surface area contributed by atoms with Gasteiger partial charge in [-0.05, 0) is 31.0 Å².